The highest BCUT2D eigenvalue weighted by molar-refractivity contribution is 5.62. The van der Waals surface area contributed by atoms with E-state index >= 15 is 0 Å². The summed E-state index contributed by atoms with van der Waals surface area (Å²) in [7, 11) is 0. The Morgan fingerprint density at radius 2 is 1.69 bits per heavy atom. The molecule has 1 aliphatic heterocycles. The number of anilines is 1. The molecule has 1 heterocycles. The van der Waals surface area contributed by atoms with Crippen LogP contribution in [0.3, 0.4) is 0 Å². The average molecular weight is 382 g/mol. The lowest BCUT2D eigenvalue weighted by Gasteiger charge is -2.37. The Hall–Kier alpha value is -3.00. The zero-order valence-electron chi connectivity index (χ0n) is 17.0. The van der Waals surface area contributed by atoms with Crippen molar-refractivity contribution in [1.29, 1.82) is 0 Å². The van der Waals surface area contributed by atoms with Gasteiger partial charge < -0.3 is 10.1 Å². The van der Waals surface area contributed by atoms with E-state index in [1.807, 2.05) is 30.3 Å². The van der Waals surface area contributed by atoms with Crippen molar-refractivity contribution in [1.82, 2.24) is 0 Å². The fraction of sp³-hybridized carbons (Fsp3) is 0.259. The molecule has 5 rings (SSSR count). The van der Waals surface area contributed by atoms with E-state index in [9.17, 15) is 0 Å². The monoisotopic (exact) mass is 381 g/mol. The molecule has 0 saturated heterocycles. The molecule has 0 bridgehead atoms. The summed E-state index contributed by atoms with van der Waals surface area (Å²) in [5.41, 5.74) is 5.33. The summed E-state index contributed by atoms with van der Waals surface area (Å²) in [5, 5.41) is 3.83. The van der Waals surface area contributed by atoms with Crippen molar-refractivity contribution in [3.05, 3.63) is 102 Å². The molecule has 1 aliphatic carbocycles. The van der Waals surface area contributed by atoms with Gasteiger partial charge in [0.15, 0.2) is 0 Å². The van der Waals surface area contributed by atoms with E-state index in [0.717, 1.165) is 17.9 Å². The van der Waals surface area contributed by atoms with Crippen LogP contribution < -0.4 is 10.1 Å². The van der Waals surface area contributed by atoms with E-state index in [4.69, 9.17) is 4.74 Å². The number of ether oxygens (including phenoxy) is 1. The molecule has 0 fully saturated rings. The maximum Gasteiger partial charge on any atom is 0.127 e. The van der Waals surface area contributed by atoms with Crippen LogP contribution in [-0.2, 0) is 0 Å². The van der Waals surface area contributed by atoms with E-state index in [1.165, 1.54) is 22.4 Å². The lowest BCUT2D eigenvalue weighted by molar-refractivity contribution is 0.422. The molecular formula is C27H27NO. The van der Waals surface area contributed by atoms with E-state index in [1.54, 1.807) is 0 Å². The molecule has 0 spiro atoms. The highest BCUT2D eigenvalue weighted by Crippen LogP contribution is 2.50. The first kappa shape index (κ1) is 18.1. The van der Waals surface area contributed by atoms with Crippen LogP contribution in [0.4, 0.5) is 5.69 Å². The van der Waals surface area contributed by atoms with Gasteiger partial charge in [-0.15, -0.1) is 0 Å². The number of allylic oxidation sites excluding steroid dienone is 2. The zero-order chi connectivity index (χ0) is 19.8. The average Bonchev–Trinajstić information content (AvgIpc) is 3.24. The summed E-state index contributed by atoms with van der Waals surface area (Å²) in [6.45, 7) is 4.49. The van der Waals surface area contributed by atoms with Gasteiger partial charge in [-0.2, -0.15) is 0 Å². The third kappa shape index (κ3) is 3.44. The Labute approximate surface area is 173 Å². The number of benzene rings is 3. The minimum atomic E-state index is 0.338. The van der Waals surface area contributed by atoms with Crippen LogP contribution in [0.1, 0.15) is 54.8 Å². The summed E-state index contributed by atoms with van der Waals surface area (Å²) in [4.78, 5) is 0. The minimum Gasteiger partial charge on any atom is -0.457 e. The fourth-order valence-corrected chi connectivity index (χ4v) is 4.68. The topological polar surface area (TPSA) is 21.3 Å². The second kappa shape index (κ2) is 7.44. The molecule has 0 amide bonds. The maximum atomic E-state index is 6.09. The van der Waals surface area contributed by atoms with Gasteiger partial charge in [0.2, 0.25) is 0 Å². The van der Waals surface area contributed by atoms with Gasteiger partial charge in [0.05, 0.1) is 6.04 Å². The highest BCUT2D eigenvalue weighted by atomic mass is 16.5. The summed E-state index contributed by atoms with van der Waals surface area (Å²) >= 11 is 0. The normalized spacial score (nSPS) is 22.1. The molecule has 146 valence electrons. The molecule has 2 heteroatoms. The molecule has 3 unspecified atom stereocenters. The zero-order valence-corrected chi connectivity index (χ0v) is 17.0. The van der Waals surface area contributed by atoms with Crippen LogP contribution in [0.25, 0.3) is 0 Å². The Morgan fingerprint density at radius 1 is 0.897 bits per heavy atom. The number of fused-ring (bicyclic) bond motifs is 3. The maximum absolute atomic E-state index is 6.09. The molecule has 0 radical (unpaired) electrons. The van der Waals surface area contributed by atoms with Crippen LogP contribution in [0.5, 0.6) is 11.5 Å². The van der Waals surface area contributed by atoms with Crippen LogP contribution in [0, 0.1) is 5.92 Å². The second-order valence-electron chi connectivity index (χ2n) is 8.46. The predicted octanol–water partition coefficient (Wildman–Crippen LogP) is 7.43. The molecule has 3 atom stereocenters. The predicted molar refractivity (Wildman–Crippen MR) is 120 cm³/mol. The van der Waals surface area contributed by atoms with Crippen molar-refractivity contribution in [2.24, 2.45) is 5.92 Å². The van der Waals surface area contributed by atoms with Gasteiger partial charge >= 0.3 is 0 Å². The van der Waals surface area contributed by atoms with Gasteiger partial charge in [-0.1, -0.05) is 68.5 Å². The van der Waals surface area contributed by atoms with Crippen LogP contribution in [0.2, 0.25) is 0 Å². The van der Waals surface area contributed by atoms with Gasteiger partial charge in [-0.05, 0) is 65.3 Å². The first-order valence-corrected chi connectivity index (χ1v) is 10.6. The number of hydrogen-bond acceptors (Lipinski definition) is 2. The number of nitrogens with one attached hydrogen (secondary N) is 1. The summed E-state index contributed by atoms with van der Waals surface area (Å²) in [6.07, 6.45) is 5.83. The highest BCUT2D eigenvalue weighted by Gasteiger charge is 2.38. The van der Waals surface area contributed by atoms with Crippen LogP contribution in [-0.4, -0.2) is 0 Å². The van der Waals surface area contributed by atoms with Gasteiger partial charge in [0.1, 0.15) is 11.5 Å². The van der Waals surface area contributed by atoms with E-state index in [-0.39, 0.29) is 0 Å². The lowest BCUT2D eigenvalue weighted by Crippen LogP contribution is -2.29. The Bertz CT molecular complexity index is 1020. The molecule has 1 N–H and O–H groups in total. The molecule has 2 nitrogen and oxygen atoms in total. The lowest BCUT2D eigenvalue weighted by atomic mass is 9.77. The molecular weight excluding hydrogens is 354 g/mol. The summed E-state index contributed by atoms with van der Waals surface area (Å²) in [5.74, 6) is 3.31. The first-order valence-electron chi connectivity index (χ1n) is 10.6. The number of para-hydroxylation sites is 1. The van der Waals surface area contributed by atoms with Gasteiger partial charge in [0, 0.05) is 11.6 Å². The first-order chi connectivity index (χ1) is 14.2. The molecule has 0 aromatic heterocycles. The standard InChI is InChI=1S/C27H27NO/c1-18(2)19-11-13-20(14-12-19)27-24-10-6-9-23(24)25-17-22(15-16-26(25)28-27)29-21-7-4-3-5-8-21/h3-9,11-18,23-24,27-28H,10H2,1-2H3. The largest absolute Gasteiger partial charge is 0.457 e. The van der Waals surface area contributed by atoms with Crippen molar-refractivity contribution in [3.8, 4) is 11.5 Å². The van der Waals surface area contributed by atoms with Crippen molar-refractivity contribution >= 4 is 5.69 Å². The Kier molecular flexibility index (Phi) is 4.63. The van der Waals surface area contributed by atoms with Crippen molar-refractivity contribution in [2.75, 3.05) is 5.32 Å². The van der Waals surface area contributed by atoms with Crippen molar-refractivity contribution in [3.63, 3.8) is 0 Å². The second-order valence-corrected chi connectivity index (χ2v) is 8.46. The quantitative estimate of drug-likeness (QED) is 0.474. The number of hydrogen-bond donors (Lipinski definition) is 1. The van der Waals surface area contributed by atoms with Gasteiger partial charge in [0.25, 0.3) is 0 Å². The van der Waals surface area contributed by atoms with Crippen LogP contribution in [0.15, 0.2) is 84.9 Å². The molecule has 2 aliphatic rings. The fourth-order valence-electron chi connectivity index (χ4n) is 4.68. The minimum absolute atomic E-state index is 0.338. The molecule has 0 saturated carbocycles. The number of rotatable bonds is 4. The van der Waals surface area contributed by atoms with Crippen LogP contribution >= 0.6 is 0 Å². The third-order valence-electron chi connectivity index (χ3n) is 6.28. The Balaban J connectivity index is 1.45. The van der Waals surface area contributed by atoms with Gasteiger partial charge in [-0.25, -0.2) is 0 Å². The molecule has 3 aromatic carbocycles. The van der Waals surface area contributed by atoms with Crippen molar-refractivity contribution in [2.45, 2.75) is 38.1 Å². The summed E-state index contributed by atoms with van der Waals surface area (Å²) < 4.78 is 6.09. The molecule has 29 heavy (non-hydrogen) atoms. The van der Waals surface area contributed by atoms with E-state index in [0.29, 0.717) is 23.8 Å². The van der Waals surface area contributed by atoms with Gasteiger partial charge in [-0.3, -0.25) is 0 Å². The summed E-state index contributed by atoms with van der Waals surface area (Å²) in [6, 6.07) is 26.0. The third-order valence-corrected chi connectivity index (χ3v) is 6.28. The van der Waals surface area contributed by atoms with E-state index < -0.39 is 0 Å². The van der Waals surface area contributed by atoms with E-state index in [2.05, 4.69) is 73.8 Å². The SMILES string of the molecule is CC(C)c1ccc(C2Nc3ccc(Oc4ccccc4)cc3C3C=CCC32)cc1. The van der Waals surface area contributed by atoms with Crippen molar-refractivity contribution < 1.29 is 4.74 Å². The smallest absolute Gasteiger partial charge is 0.127 e. The molecule has 3 aromatic rings. The Morgan fingerprint density at radius 3 is 2.45 bits per heavy atom.